The molecule has 112 valence electrons. The summed E-state index contributed by atoms with van der Waals surface area (Å²) in [7, 11) is -1.73. The van der Waals surface area contributed by atoms with Crippen LogP contribution in [0.15, 0.2) is 23.1 Å². The van der Waals surface area contributed by atoms with Crippen molar-refractivity contribution in [3.8, 4) is 0 Å². The maximum atomic E-state index is 11.5. The monoisotopic (exact) mass is 297 g/mol. The molecule has 0 spiro atoms. The second kappa shape index (κ2) is 5.61. The Morgan fingerprint density at radius 2 is 2.00 bits per heavy atom. The zero-order valence-corrected chi connectivity index (χ0v) is 12.9. The standard InChI is InChI=1S/C14H23N3O2S/c1-10-4-3-5-11(8-10)17(2)14-9-12(20(16,18)19)6-7-13(14)15/h6-7,9-11H,3-5,8,15H2,1-2H3,(H2,16,18,19). The average molecular weight is 297 g/mol. The molecule has 2 atom stereocenters. The number of rotatable bonds is 3. The molecular weight excluding hydrogens is 274 g/mol. The number of nitrogens with two attached hydrogens (primary N) is 2. The first-order valence-corrected chi connectivity index (χ1v) is 8.49. The van der Waals surface area contributed by atoms with E-state index in [2.05, 4.69) is 11.8 Å². The number of nitrogen functional groups attached to an aromatic ring is 1. The van der Waals surface area contributed by atoms with Crippen LogP contribution < -0.4 is 15.8 Å². The van der Waals surface area contributed by atoms with Crippen molar-refractivity contribution < 1.29 is 8.42 Å². The van der Waals surface area contributed by atoms with Gasteiger partial charge in [-0.3, -0.25) is 0 Å². The summed E-state index contributed by atoms with van der Waals surface area (Å²) in [5, 5.41) is 5.19. The van der Waals surface area contributed by atoms with Crippen LogP contribution in [0.4, 0.5) is 11.4 Å². The van der Waals surface area contributed by atoms with Crippen LogP contribution in [0.1, 0.15) is 32.6 Å². The lowest BCUT2D eigenvalue weighted by atomic mass is 9.86. The van der Waals surface area contributed by atoms with Crippen LogP contribution in [0.5, 0.6) is 0 Å². The van der Waals surface area contributed by atoms with Crippen LogP contribution in [-0.2, 0) is 10.0 Å². The third kappa shape index (κ3) is 3.24. The molecule has 1 aliphatic rings. The summed E-state index contributed by atoms with van der Waals surface area (Å²) < 4.78 is 22.9. The molecule has 1 aromatic rings. The number of sulfonamides is 1. The molecule has 1 aromatic carbocycles. The Morgan fingerprint density at radius 3 is 2.60 bits per heavy atom. The van der Waals surface area contributed by atoms with E-state index in [9.17, 15) is 8.42 Å². The third-order valence-corrected chi connectivity index (χ3v) is 5.08. The van der Waals surface area contributed by atoms with Gasteiger partial charge in [-0.1, -0.05) is 19.8 Å². The highest BCUT2D eigenvalue weighted by atomic mass is 32.2. The Morgan fingerprint density at radius 1 is 1.30 bits per heavy atom. The molecule has 0 radical (unpaired) electrons. The number of nitrogens with zero attached hydrogens (tertiary/aromatic N) is 1. The number of anilines is 2. The van der Waals surface area contributed by atoms with Crippen molar-refractivity contribution in [2.24, 2.45) is 11.1 Å². The minimum absolute atomic E-state index is 0.109. The van der Waals surface area contributed by atoms with E-state index < -0.39 is 10.0 Å². The second-order valence-corrected chi connectivity index (χ2v) is 7.36. The Labute approximate surface area is 121 Å². The van der Waals surface area contributed by atoms with E-state index in [4.69, 9.17) is 10.9 Å². The highest BCUT2D eigenvalue weighted by molar-refractivity contribution is 7.89. The fraction of sp³-hybridized carbons (Fsp3) is 0.571. The lowest BCUT2D eigenvalue weighted by Crippen LogP contribution is -2.36. The zero-order chi connectivity index (χ0) is 14.9. The predicted octanol–water partition coefficient (Wildman–Crippen LogP) is 1.93. The number of primary sulfonamides is 1. The van der Waals surface area contributed by atoms with Gasteiger partial charge in [0.25, 0.3) is 0 Å². The maximum Gasteiger partial charge on any atom is 0.238 e. The molecule has 0 aliphatic heterocycles. The molecule has 0 saturated heterocycles. The van der Waals surface area contributed by atoms with Gasteiger partial charge in [0.05, 0.1) is 16.3 Å². The highest BCUT2D eigenvalue weighted by Gasteiger charge is 2.24. The summed E-state index contributed by atoms with van der Waals surface area (Å²) >= 11 is 0. The number of hydrogen-bond donors (Lipinski definition) is 2. The Bertz CT molecular complexity index is 586. The van der Waals surface area contributed by atoms with E-state index in [1.165, 1.54) is 18.9 Å². The van der Waals surface area contributed by atoms with E-state index in [-0.39, 0.29) is 4.90 Å². The molecule has 4 N–H and O–H groups in total. The minimum atomic E-state index is -3.70. The largest absolute Gasteiger partial charge is 0.397 e. The van der Waals surface area contributed by atoms with Crippen LogP contribution in [0.3, 0.4) is 0 Å². The molecule has 0 bridgehead atoms. The molecule has 0 aromatic heterocycles. The van der Waals surface area contributed by atoms with Crippen LogP contribution in [0.2, 0.25) is 0 Å². The Kier molecular flexibility index (Phi) is 4.25. The van der Waals surface area contributed by atoms with Gasteiger partial charge in [0.1, 0.15) is 0 Å². The van der Waals surface area contributed by atoms with Gasteiger partial charge in [0, 0.05) is 13.1 Å². The Balaban J connectivity index is 2.31. The van der Waals surface area contributed by atoms with Crippen LogP contribution in [0, 0.1) is 5.92 Å². The topological polar surface area (TPSA) is 89.4 Å². The summed E-state index contributed by atoms with van der Waals surface area (Å²) in [5.41, 5.74) is 7.33. The van der Waals surface area contributed by atoms with Gasteiger partial charge in [-0.25, -0.2) is 13.6 Å². The maximum absolute atomic E-state index is 11.5. The van der Waals surface area contributed by atoms with Crippen molar-refractivity contribution in [1.82, 2.24) is 0 Å². The number of benzene rings is 1. The lowest BCUT2D eigenvalue weighted by molar-refractivity contribution is 0.336. The van der Waals surface area contributed by atoms with Gasteiger partial charge in [-0.15, -0.1) is 0 Å². The normalized spacial score (nSPS) is 23.6. The van der Waals surface area contributed by atoms with Crippen molar-refractivity contribution in [2.45, 2.75) is 43.5 Å². The Hall–Kier alpha value is -1.27. The average Bonchev–Trinajstić information content (AvgIpc) is 2.37. The van der Waals surface area contributed by atoms with Gasteiger partial charge >= 0.3 is 0 Å². The van der Waals surface area contributed by atoms with Crippen molar-refractivity contribution in [3.63, 3.8) is 0 Å². The van der Waals surface area contributed by atoms with E-state index in [1.54, 1.807) is 12.1 Å². The molecule has 0 amide bonds. The van der Waals surface area contributed by atoms with Crippen LogP contribution in [0.25, 0.3) is 0 Å². The SMILES string of the molecule is CC1CCCC(N(C)c2cc(S(N)(=O)=O)ccc2N)C1. The van der Waals surface area contributed by atoms with E-state index in [1.807, 2.05) is 7.05 Å². The smallest absolute Gasteiger partial charge is 0.238 e. The van der Waals surface area contributed by atoms with Crippen molar-refractivity contribution in [2.75, 3.05) is 17.7 Å². The van der Waals surface area contributed by atoms with Crippen molar-refractivity contribution in [1.29, 1.82) is 0 Å². The molecule has 5 nitrogen and oxygen atoms in total. The van der Waals surface area contributed by atoms with Gasteiger partial charge in [0.15, 0.2) is 0 Å². The quantitative estimate of drug-likeness (QED) is 0.834. The van der Waals surface area contributed by atoms with E-state index >= 15 is 0 Å². The fourth-order valence-corrected chi connectivity index (χ4v) is 3.49. The molecule has 0 heterocycles. The first-order chi connectivity index (χ1) is 9.29. The predicted molar refractivity (Wildman–Crippen MR) is 82.1 cm³/mol. The lowest BCUT2D eigenvalue weighted by Gasteiger charge is -2.36. The summed E-state index contributed by atoms with van der Waals surface area (Å²) in [6, 6.07) is 5.03. The van der Waals surface area contributed by atoms with E-state index in [0.717, 1.165) is 18.5 Å². The van der Waals surface area contributed by atoms with E-state index in [0.29, 0.717) is 17.6 Å². The minimum Gasteiger partial charge on any atom is -0.397 e. The molecule has 2 unspecified atom stereocenters. The molecular formula is C14H23N3O2S. The van der Waals surface area contributed by atoms with Crippen LogP contribution >= 0.6 is 0 Å². The molecule has 6 heteroatoms. The molecule has 20 heavy (non-hydrogen) atoms. The van der Waals surface area contributed by atoms with Gasteiger partial charge in [-0.2, -0.15) is 0 Å². The summed E-state index contributed by atoms with van der Waals surface area (Å²) in [4.78, 5) is 2.21. The van der Waals surface area contributed by atoms with Crippen LogP contribution in [-0.4, -0.2) is 21.5 Å². The summed E-state index contributed by atoms with van der Waals surface area (Å²) in [6.07, 6.45) is 4.68. The summed E-state index contributed by atoms with van der Waals surface area (Å²) in [6.45, 7) is 2.25. The third-order valence-electron chi connectivity index (χ3n) is 4.17. The molecule has 1 aliphatic carbocycles. The molecule has 2 rings (SSSR count). The fourth-order valence-electron chi connectivity index (χ4n) is 2.96. The summed E-state index contributed by atoms with van der Waals surface area (Å²) in [5.74, 6) is 0.693. The highest BCUT2D eigenvalue weighted by Crippen LogP contribution is 2.33. The van der Waals surface area contributed by atoms with Gasteiger partial charge < -0.3 is 10.6 Å². The van der Waals surface area contributed by atoms with Gasteiger partial charge in [-0.05, 0) is 37.0 Å². The molecule has 1 saturated carbocycles. The van der Waals surface area contributed by atoms with Gasteiger partial charge in [0.2, 0.25) is 10.0 Å². The van der Waals surface area contributed by atoms with Crippen molar-refractivity contribution >= 4 is 21.4 Å². The second-order valence-electron chi connectivity index (χ2n) is 5.80. The number of hydrogen-bond acceptors (Lipinski definition) is 4. The van der Waals surface area contributed by atoms with Crippen molar-refractivity contribution in [3.05, 3.63) is 18.2 Å². The zero-order valence-electron chi connectivity index (χ0n) is 12.0. The first-order valence-electron chi connectivity index (χ1n) is 6.94. The first kappa shape index (κ1) is 15.1. The molecule has 1 fully saturated rings.